The monoisotopic (exact) mass is 246 g/mol. The van der Waals surface area contributed by atoms with Crippen LogP contribution in [0.5, 0.6) is 0 Å². The van der Waals surface area contributed by atoms with Crippen molar-refractivity contribution < 1.29 is 0 Å². The second-order valence-corrected chi connectivity index (χ2v) is 5.53. The molecule has 2 unspecified atom stereocenters. The first kappa shape index (κ1) is 11.9. The molecule has 0 radical (unpaired) electrons. The van der Waals surface area contributed by atoms with E-state index in [1.165, 1.54) is 24.8 Å². The summed E-state index contributed by atoms with van der Waals surface area (Å²) in [5.41, 5.74) is 1.17. The lowest BCUT2D eigenvalue weighted by atomic mass is 10.0. The number of nitrogens with zero attached hydrogens (tertiary/aromatic N) is 3. The summed E-state index contributed by atoms with van der Waals surface area (Å²) < 4.78 is 0. The van der Waals surface area contributed by atoms with E-state index in [1.54, 1.807) is 0 Å². The molecular weight excluding hydrogens is 224 g/mol. The van der Waals surface area contributed by atoms with E-state index in [2.05, 4.69) is 27.1 Å². The highest BCUT2D eigenvalue weighted by atomic mass is 15.3. The SMILES string of the molecule is CCNCc1cnc(N2CC3CCCC3C2)nc1. The van der Waals surface area contributed by atoms with E-state index in [1.807, 2.05) is 12.4 Å². The minimum atomic E-state index is 0.863. The summed E-state index contributed by atoms with van der Waals surface area (Å²) in [6, 6.07) is 0. The number of rotatable bonds is 4. The molecule has 0 amide bonds. The Morgan fingerprint density at radius 1 is 1.22 bits per heavy atom. The molecule has 0 spiro atoms. The van der Waals surface area contributed by atoms with Crippen LogP contribution in [0.15, 0.2) is 12.4 Å². The largest absolute Gasteiger partial charge is 0.340 e. The Hall–Kier alpha value is -1.16. The van der Waals surface area contributed by atoms with Crippen molar-refractivity contribution in [2.45, 2.75) is 32.7 Å². The van der Waals surface area contributed by atoms with Crippen molar-refractivity contribution in [1.82, 2.24) is 15.3 Å². The van der Waals surface area contributed by atoms with Gasteiger partial charge in [-0.15, -0.1) is 0 Å². The van der Waals surface area contributed by atoms with Crippen LogP contribution >= 0.6 is 0 Å². The fourth-order valence-electron chi connectivity index (χ4n) is 3.27. The summed E-state index contributed by atoms with van der Waals surface area (Å²) >= 11 is 0. The van der Waals surface area contributed by atoms with Gasteiger partial charge in [-0.3, -0.25) is 0 Å². The predicted octanol–water partition coefficient (Wildman–Crippen LogP) is 1.82. The number of nitrogens with one attached hydrogen (secondary N) is 1. The molecule has 1 saturated heterocycles. The molecule has 0 bridgehead atoms. The molecule has 2 fully saturated rings. The van der Waals surface area contributed by atoms with Crippen LogP contribution in [0, 0.1) is 11.8 Å². The van der Waals surface area contributed by atoms with E-state index < -0.39 is 0 Å². The van der Waals surface area contributed by atoms with Gasteiger partial charge in [-0.05, 0) is 31.2 Å². The number of fused-ring (bicyclic) bond motifs is 1. The van der Waals surface area contributed by atoms with E-state index in [-0.39, 0.29) is 0 Å². The van der Waals surface area contributed by atoms with Crippen molar-refractivity contribution in [2.24, 2.45) is 11.8 Å². The van der Waals surface area contributed by atoms with E-state index in [4.69, 9.17) is 0 Å². The first-order chi connectivity index (χ1) is 8.86. The van der Waals surface area contributed by atoms with E-state index >= 15 is 0 Å². The van der Waals surface area contributed by atoms with Crippen LogP contribution in [-0.2, 0) is 6.54 Å². The third kappa shape index (κ3) is 2.34. The molecule has 0 aromatic carbocycles. The first-order valence-electron chi connectivity index (χ1n) is 7.13. The molecular formula is C14H22N4. The van der Waals surface area contributed by atoms with Crippen molar-refractivity contribution in [2.75, 3.05) is 24.5 Å². The molecule has 98 valence electrons. The molecule has 2 aliphatic rings. The maximum absolute atomic E-state index is 4.52. The van der Waals surface area contributed by atoms with Gasteiger partial charge >= 0.3 is 0 Å². The summed E-state index contributed by atoms with van der Waals surface area (Å²) in [5.74, 6) is 2.72. The van der Waals surface area contributed by atoms with Gasteiger partial charge in [0.1, 0.15) is 0 Å². The molecule has 1 aliphatic heterocycles. The molecule has 2 atom stereocenters. The lowest BCUT2D eigenvalue weighted by Gasteiger charge is -2.17. The van der Waals surface area contributed by atoms with E-state index in [0.29, 0.717) is 0 Å². The molecule has 2 heterocycles. The summed E-state index contributed by atoms with van der Waals surface area (Å²) in [5, 5.41) is 3.29. The lowest BCUT2D eigenvalue weighted by molar-refractivity contribution is 0.494. The van der Waals surface area contributed by atoms with Gasteiger partial charge in [0.25, 0.3) is 0 Å². The first-order valence-corrected chi connectivity index (χ1v) is 7.13. The summed E-state index contributed by atoms with van der Waals surface area (Å²) in [6.45, 7) is 6.28. The summed E-state index contributed by atoms with van der Waals surface area (Å²) in [6.07, 6.45) is 8.14. The molecule has 4 heteroatoms. The van der Waals surface area contributed by atoms with Crippen LogP contribution in [0.25, 0.3) is 0 Å². The van der Waals surface area contributed by atoms with Crippen molar-refractivity contribution in [1.29, 1.82) is 0 Å². The van der Waals surface area contributed by atoms with Gasteiger partial charge in [-0.25, -0.2) is 9.97 Å². The zero-order chi connectivity index (χ0) is 12.4. The second kappa shape index (κ2) is 5.22. The molecule has 4 nitrogen and oxygen atoms in total. The van der Waals surface area contributed by atoms with Gasteiger partial charge in [0, 0.05) is 37.6 Å². The average molecular weight is 246 g/mol. The Bertz CT molecular complexity index is 377. The standard InChI is InChI=1S/C14H22N4/c1-2-15-6-11-7-16-14(17-8-11)18-9-12-4-3-5-13(12)10-18/h7-8,12-13,15H,2-6,9-10H2,1H3. The van der Waals surface area contributed by atoms with Crippen LogP contribution in [-0.4, -0.2) is 29.6 Å². The highest BCUT2D eigenvalue weighted by molar-refractivity contribution is 5.32. The van der Waals surface area contributed by atoms with Crippen molar-refractivity contribution in [3.8, 4) is 0 Å². The minimum absolute atomic E-state index is 0.863. The Morgan fingerprint density at radius 2 is 1.89 bits per heavy atom. The van der Waals surface area contributed by atoms with Gasteiger partial charge in [0.05, 0.1) is 0 Å². The van der Waals surface area contributed by atoms with Gasteiger partial charge in [0.2, 0.25) is 5.95 Å². The number of hydrogen-bond donors (Lipinski definition) is 1. The van der Waals surface area contributed by atoms with Crippen LogP contribution < -0.4 is 10.2 Å². The quantitative estimate of drug-likeness (QED) is 0.880. The van der Waals surface area contributed by atoms with Gasteiger partial charge in [-0.2, -0.15) is 0 Å². The van der Waals surface area contributed by atoms with Gasteiger partial charge in [0.15, 0.2) is 0 Å². The Balaban J connectivity index is 1.63. The third-order valence-corrected chi connectivity index (χ3v) is 4.28. The molecule has 1 N–H and O–H groups in total. The number of anilines is 1. The van der Waals surface area contributed by atoms with Crippen LogP contribution in [0.1, 0.15) is 31.7 Å². The molecule has 3 rings (SSSR count). The highest BCUT2D eigenvalue weighted by Gasteiger charge is 2.36. The zero-order valence-electron chi connectivity index (χ0n) is 11.1. The maximum Gasteiger partial charge on any atom is 0.225 e. The van der Waals surface area contributed by atoms with Crippen molar-refractivity contribution in [3.63, 3.8) is 0 Å². The summed E-state index contributed by atoms with van der Waals surface area (Å²) in [7, 11) is 0. The Labute approximate surface area is 109 Å². The molecule has 1 aromatic rings. The number of aromatic nitrogens is 2. The van der Waals surface area contributed by atoms with Crippen LogP contribution in [0.4, 0.5) is 5.95 Å². The topological polar surface area (TPSA) is 41.1 Å². The Morgan fingerprint density at radius 3 is 2.50 bits per heavy atom. The van der Waals surface area contributed by atoms with Gasteiger partial charge in [-0.1, -0.05) is 13.3 Å². The molecule has 1 saturated carbocycles. The molecule has 18 heavy (non-hydrogen) atoms. The molecule has 1 aromatic heterocycles. The van der Waals surface area contributed by atoms with Crippen LogP contribution in [0.3, 0.4) is 0 Å². The van der Waals surface area contributed by atoms with E-state index in [0.717, 1.165) is 44.0 Å². The van der Waals surface area contributed by atoms with Crippen molar-refractivity contribution >= 4 is 5.95 Å². The smallest absolute Gasteiger partial charge is 0.225 e. The van der Waals surface area contributed by atoms with E-state index in [9.17, 15) is 0 Å². The summed E-state index contributed by atoms with van der Waals surface area (Å²) in [4.78, 5) is 11.4. The minimum Gasteiger partial charge on any atom is -0.340 e. The highest BCUT2D eigenvalue weighted by Crippen LogP contribution is 2.38. The fourth-order valence-corrected chi connectivity index (χ4v) is 3.27. The third-order valence-electron chi connectivity index (χ3n) is 4.28. The average Bonchev–Trinajstić information content (AvgIpc) is 2.97. The zero-order valence-corrected chi connectivity index (χ0v) is 11.1. The Kier molecular flexibility index (Phi) is 3.46. The predicted molar refractivity (Wildman–Crippen MR) is 72.5 cm³/mol. The van der Waals surface area contributed by atoms with Crippen LogP contribution in [0.2, 0.25) is 0 Å². The second-order valence-electron chi connectivity index (χ2n) is 5.53. The normalized spacial score (nSPS) is 26.6. The van der Waals surface area contributed by atoms with Gasteiger partial charge < -0.3 is 10.2 Å². The number of hydrogen-bond acceptors (Lipinski definition) is 4. The maximum atomic E-state index is 4.52. The fraction of sp³-hybridized carbons (Fsp3) is 0.714. The van der Waals surface area contributed by atoms with Crippen molar-refractivity contribution in [3.05, 3.63) is 18.0 Å². The molecule has 1 aliphatic carbocycles. The lowest BCUT2D eigenvalue weighted by Crippen LogP contribution is -2.23.